The van der Waals surface area contributed by atoms with Crippen molar-refractivity contribution in [2.45, 2.75) is 19.4 Å². The SMILES string of the molecule is O=C(Cc1ccc(Cl)nc1)Nc1ccc(CN2C(=O)Cc3ccc(Cl)cc32)cc1. The third kappa shape index (κ3) is 4.58. The van der Waals surface area contributed by atoms with Crippen molar-refractivity contribution in [3.8, 4) is 0 Å². The van der Waals surface area contributed by atoms with Crippen LogP contribution in [-0.2, 0) is 29.0 Å². The van der Waals surface area contributed by atoms with Gasteiger partial charge in [0.15, 0.2) is 0 Å². The lowest BCUT2D eigenvalue weighted by Gasteiger charge is -2.18. The van der Waals surface area contributed by atoms with Crippen LogP contribution in [0.1, 0.15) is 16.7 Å². The van der Waals surface area contributed by atoms with Crippen LogP contribution in [0.2, 0.25) is 10.2 Å². The molecule has 1 N–H and O–H groups in total. The summed E-state index contributed by atoms with van der Waals surface area (Å²) in [5.74, 6) is -0.0867. The van der Waals surface area contributed by atoms with Crippen LogP contribution in [0.4, 0.5) is 11.4 Å². The average Bonchev–Trinajstić information content (AvgIpc) is 3.00. The molecule has 0 saturated heterocycles. The molecule has 0 aliphatic carbocycles. The van der Waals surface area contributed by atoms with Gasteiger partial charge in [0.05, 0.1) is 19.4 Å². The van der Waals surface area contributed by atoms with Crippen LogP contribution in [-0.4, -0.2) is 16.8 Å². The van der Waals surface area contributed by atoms with Crippen molar-refractivity contribution in [1.29, 1.82) is 0 Å². The Hall–Kier alpha value is -2.89. The van der Waals surface area contributed by atoms with Crippen LogP contribution in [0.15, 0.2) is 60.8 Å². The minimum Gasteiger partial charge on any atom is -0.326 e. The van der Waals surface area contributed by atoms with Crippen LogP contribution in [0.3, 0.4) is 0 Å². The predicted octanol–water partition coefficient (Wildman–Crippen LogP) is 4.66. The van der Waals surface area contributed by atoms with Gasteiger partial charge in [-0.15, -0.1) is 0 Å². The van der Waals surface area contributed by atoms with E-state index in [0.29, 0.717) is 28.8 Å². The number of benzene rings is 2. The van der Waals surface area contributed by atoms with Gasteiger partial charge in [-0.25, -0.2) is 4.98 Å². The van der Waals surface area contributed by atoms with E-state index < -0.39 is 0 Å². The fourth-order valence-electron chi connectivity index (χ4n) is 3.28. The van der Waals surface area contributed by atoms with Crippen molar-refractivity contribution in [3.05, 3.63) is 87.7 Å². The maximum absolute atomic E-state index is 12.4. The van der Waals surface area contributed by atoms with Gasteiger partial charge in [0.25, 0.3) is 0 Å². The number of amides is 2. The van der Waals surface area contributed by atoms with Crippen LogP contribution in [0.5, 0.6) is 0 Å². The van der Waals surface area contributed by atoms with E-state index in [1.54, 1.807) is 29.3 Å². The molecule has 0 fully saturated rings. The summed E-state index contributed by atoms with van der Waals surface area (Å²) in [6, 6.07) is 16.4. The summed E-state index contributed by atoms with van der Waals surface area (Å²) in [6.07, 6.45) is 2.19. The van der Waals surface area contributed by atoms with Gasteiger partial charge in [-0.1, -0.05) is 47.5 Å². The topological polar surface area (TPSA) is 62.3 Å². The van der Waals surface area contributed by atoms with Crippen molar-refractivity contribution < 1.29 is 9.59 Å². The molecule has 7 heteroatoms. The first-order chi connectivity index (χ1) is 14.0. The Morgan fingerprint density at radius 1 is 1.03 bits per heavy atom. The molecular weight excluding hydrogens is 409 g/mol. The Bertz CT molecular complexity index is 1070. The minimum atomic E-state index is -0.139. The van der Waals surface area contributed by atoms with E-state index in [9.17, 15) is 9.59 Å². The Balaban J connectivity index is 1.39. The van der Waals surface area contributed by atoms with E-state index in [1.807, 2.05) is 36.4 Å². The zero-order chi connectivity index (χ0) is 20.4. The largest absolute Gasteiger partial charge is 0.326 e. The molecule has 1 aliphatic heterocycles. The van der Waals surface area contributed by atoms with Gasteiger partial charge in [-0.05, 0) is 47.0 Å². The first kappa shape index (κ1) is 19.4. The quantitative estimate of drug-likeness (QED) is 0.604. The highest BCUT2D eigenvalue weighted by Crippen LogP contribution is 2.32. The number of nitrogens with zero attached hydrogens (tertiary/aromatic N) is 2. The van der Waals surface area contributed by atoms with Crippen molar-refractivity contribution in [3.63, 3.8) is 0 Å². The number of rotatable bonds is 5. The summed E-state index contributed by atoms with van der Waals surface area (Å²) in [4.78, 5) is 30.3. The van der Waals surface area contributed by atoms with E-state index in [2.05, 4.69) is 10.3 Å². The smallest absolute Gasteiger partial charge is 0.231 e. The van der Waals surface area contributed by atoms with Gasteiger partial charge >= 0.3 is 0 Å². The van der Waals surface area contributed by atoms with E-state index in [0.717, 1.165) is 22.4 Å². The number of halogens is 2. The summed E-state index contributed by atoms with van der Waals surface area (Å²) in [7, 11) is 0. The molecule has 0 atom stereocenters. The van der Waals surface area contributed by atoms with Crippen LogP contribution >= 0.6 is 23.2 Å². The highest BCUT2D eigenvalue weighted by Gasteiger charge is 2.27. The number of anilines is 2. The number of nitrogens with one attached hydrogen (secondary N) is 1. The van der Waals surface area contributed by atoms with E-state index in [1.165, 1.54) is 0 Å². The van der Waals surface area contributed by atoms with E-state index >= 15 is 0 Å². The molecule has 1 aromatic heterocycles. The van der Waals surface area contributed by atoms with Gasteiger partial charge < -0.3 is 10.2 Å². The third-order valence-corrected chi connectivity index (χ3v) is 5.17. The molecule has 2 aromatic carbocycles. The molecule has 0 spiro atoms. The Labute approximate surface area is 178 Å². The van der Waals surface area contributed by atoms with Crippen LogP contribution in [0.25, 0.3) is 0 Å². The Kier molecular flexibility index (Phi) is 5.51. The first-order valence-corrected chi connectivity index (χ1v) is 9.81. The normalized spacial score (nSPS) is 12.8. The van der Waals surface area contributed by atoms with Crippen LogP contribution in [0, 0.1) is 0 Å². The molecule has 3 aromatic rings. The number of fused-ring (bicyclic) bond motifs is 1. The molecule has 0 bridgehead atoms. The van der Waals surface area contributed by atoms with Gasteiger partial charge in [-0.2, -0.15) is 0 Å². The van der Waals surface area contributed by atoms with E-state index in [4.69, 9.17) is 23.2 Å². The van der Waals surface area contributed by atoms with Crippen molar-refractivity contribution in [2.75, 3.05) is 10.2 Å². The zero-order valence-corrected chi connectivity index (χ0v) is 16.9. The molecule has 2 amide bonds. The number of aromatic nitrogens is 1. The van der Waals surface area contributed by atoms with E-state index in [-0.39, 0.29) is 18.2 Å². The fourth-order valence-corrected chi connectivity index (χ4v) is 3.56. The van der Waals surface area contributed by atoms with Crippen molar-refractivity contribution in [1.82, 2.24) is 4.98 Å². The lowest BCUT2D eigenvalue weighted by molar-refractivity contribution is -0.117. The second-order valence-corrected chi connectivity index (χ2v) is 7.66. The molecule has 4 rings (SSSR count). The molecule has 0 saturated carbocycles. The Morgan fingerprint density at radius 3 is 2.52 bits per heavy atom. The molecule has 0 unspecified atom stereocenters. The van der Waals surface area contributed by atoms with Gasteiger partial charge in [0.1, 0.15) is 5.15 Å². The Morgan fingerprint density at radius 2 is 1.79 bits per heavy atom. The highest BCUT2D eigenvalue weighted by molar-refractivity contribution is 6.31. The number of carbonyl (C=O) groups is 2. The lowest BCUT2D eigenvalue weighted by atomic mass is 10.1. The second-order valence-electron chi connectivity index (χ2n) is 6.84. The fraction of sp³-hybridized carbons (Fsp3) is 0.136. The zero-order valence-electron chi connectivity index (χ0n) is 15.4. The summed E-state index contributed by atoms with van der Waals surface area (Å²) >= 11 is 11.8. The molecule has 29 heavy (non-hydrogen) atoms. The molecule has 2 heterocycles. The van der Waals surface area contributed by atoms with Crippen molar-refractivity contribution in [2.24, 2.45) is 0 Å². The maximum atomic E-state index is 12.4. The standard InChI is InChI=1S/C22H17Cl2N3O2/c23-17-5-4-16-10-22(29)27(19(16)11-17)13-14-1-6-18(7-2-14)26-21(28)9-15-3-8-20(24)25-12-15/h1-8,11-12H,9-10,13H2,(H,26,28). The first-order valence-electron chi connectivity index (χ1n) is 9.06. The highest BCUT2D eigenvalue weighted by atomic mass is 35.5. The second kappa shape index (κ2) is 8.23. The lowest BCUT2D eigenvalue weighted by Crippen LogP contribution is -2.26. The third-order valence-electron chi connectivity index (χ3n) is 4.71. The molecular formula is C22H17Cl2N3O2. The molecule has 1 aliphatic rings. The maximum Gasteiger partial charge on any atom is 0.231 e. The molecule has 5 nitrogen and oxygen atoms in total. The number of hydrogen-bond acceptors (Lipinski definition) is 3. The number of carbonyl (C=O) groups excluding carboxylic acids is 2. The number of pyridine rings is 1. The van der Waals surface area contributed by atoms with Gasteiger partial charge in [0.2, 0.25) is 11.8 Å². The van der Waals surface area contributed by atoms with Crippen molar-refractivity contribution >= 4 is 46.4 Å². The molecule has 146 valence electrons. The van der Waals surface area contributed by atoms with Gasteiger partial charge in [-0.3, -0.25) is 9.59 Å². The molecule has 0 radical (unpaired) electrons. The summed E-state index contributed by atoms with van der Waals surface area (Å²) in [6.45, 7) is 0.455. The van der Waals surface area contributed by atoms with Gasteiger partial charge in [0, 0.05) is 22.6 Å². The number of hydrogen-bond donors (Lipinski definition) is 1. The predicted molar refractivity (Wildman–Crippen MR) is 114 cm³/mol. The summed E-state index contributed by atoms with van der Waals surface area (Å²) in [5, 5.41) is 3.86. The summed E-state index contributed by atoms with van der Waals surface area (Å²) in [5.41, 5.74) is 4.28. The average molecular weight is 426 g/mol. The van der Waals surface area contributed by atoms with Crippen LogP contribution < -0.4 is 10.2 Å². The monoisotopic (exact) mass is 425 g/mol. The minimum absolute atomic E-state index is 0.0521. The summed E-state index contributed by atoms with van der Waals surface area (Å²) < 4.78 is 0.